The zero-order chi connectivity index (χ0) is 32.0. The van der Waals surface area contributed by atoms with E-state index in [2.05, 4.69) is 16.0 Å². The summed E-state index contributed by atoms with van der Waals surface area (Å²) in [5.41, 5.74) is 0. The molecule has 0 heterocycles. The Bertz CT molecular complexity index is 729. The van der Waals surface area contributed by atoms with Crippen LogP contribution in [0, 0.1) is 0 Å². The molecule has 2 atom stereocenters. The van der Waals surface area contributed by atoms with Gasteiger partial charge in [-0.3, -0.25) is 9.59 Å². The van der Waals surface area contributed by atoms with E-state index in [4.69, 9.17) is 0 Å². The molecule has 0 aromatic carbocycles. The fourth-order valence-corrected chi connectivity index (χ4v) is 6.90. The summed E-state index contributed by atoms with van der Waals surface area (Å²) in [6, 6.07) is -1.84. The molecule has 0 aliphatic rings. The van der Waals surface area contributed by atoms with Crippen molar-refractivity contribution in [2.24, 2.45) is 0 Å². The summed E-state index contributed by atoms with van der Waals surface area (Å²) in [6.45, 7) is 3.10. The minimum atomic E-state index is -1.05. The molecule has 0 aliphatic carbocycles. The van der Waals surface area contributed by atoms with E-state index < -0.39 is 24.0 Å². The molecule has 43 heavy (non-hydrogen) atoms. The molecule has 0 aromatic heterocycles. The molecule has 252 valence electrons. The first-order valence-electron chi connectivity index (χ1n) is 16.7. The van der Waals surface area contributed by atoms with Gasteiger partial charge in [0.25, 0.3) is 0 Å². The largest absolute Gasteiger partial charge is 0.480 e. The molecule has 2 unspecified atom stereocenters. The van der Waals surface area contributed by atoms with E-state index >= 15 is 0 Å². The van der Waals surface area contributed by atoms with Crippen molar-refractivity contribution >= 4 is 45.3 Å². The van der Waals surface area contributed by atoms with Crippen LogP contribution in [0.4, 0.5) is 0 Å². The van der Waals surface area contributed by atoms with Gasteiger partial charge in [0, 0.05) is 24.3 Å². The van der Waals surface area contributed by atoms with Gasteiger partial charge in [0.1, 0.15) is 12.1 Å². The van der Waals surface area contributed by atoms with E-state index in [0.29, 0.717) is 37.2 Å². The summed E-state index contributed by atoms with van der Waals surface area (Å²) >= 11 is 0. The van der Waals surface area contributed by atoms with Crippen molar-refractivity contribution in [2.75, 3.05) is 25.1 Å². The predicted octanol–water partition coefficient (Wildman–Crippen LogP) is 6.94. The molecule has 0 aromatic rings. The van der Waals surface area contributed by atoms with Crippen LogP contribution >= 0.6 is 21.6 Å². The lowest BCUT2D eigenvalue weighted by atomic mass is 10.0. The van der Waals surface area contributed by atoms with Crippen LogP contribution in [-0.2, 0) is 19.2 Å². The van der Waals surface area contributed by atoms with Crippen molar-refractivity contribution in [2.45, 2.75) is 154 Å². The van der Waals surface area contributed by atoms with E-state index in [1.807, 2.05) is 14.0 Å². The number of hydrogen-bond acceptors (Lipinski definition) is 7. The van der Waals surface area contributed by atoms with Gasteiger partial charge in [-0.1, -0.05) is 118 Å². The number of unbranched alkanes of at least 4 members (excludes halogenated alkanes) is 15. The van der Waals surface area contributed by atoms with Gasteiger partial charge >= 0.3 is 11.9 Å². The van der Waals surface area contributed by atoms with Crippen molar-refractivity contribution in [1.29, 1.82) is 0 Å². The van der Waals surface area contributed by atoms with Gasteiger partial charge in [-0.15, -0.1) is 0 Å². The molecule has 5 N–H and O–H groups in total. The number of carboxylic acids is 2. The first kappa shape index (κ1) is 41.5. The summed E-state index contributed by atoms with van der Waals surface area (Å²) in [6.07, 6.45) is 21.6. The Kier molecular flexibility index (Phi) is 29.5. The Morgan fingerprint density at radius 1 is 0.558 bits per heavy atom. The normalized spacial score (nSPS) is 12.5. The Morgan fingerprint density at radius 2 is 0.907 bits per heavy atom. The summed E-state index contributed by atoms with van der Waals surface area (Å²) in [4.78, 5) is 47.1. The van der Waals surface area contributed by atoms with E-state index in [1.54, 1.807) is 0 Å². The van der Waals surface area contributed by atoms with Gasteiger partial charge in [-0.2, -0.15) is 0 Å². The highest BCUT2D eigenvalue weighted by atomic mass is 33.1. The van der Waals surface area contributed by atoms with Gasteiger partial charge < -0.3 is 26.2 Å². The monoisotopic (exact) mass is 647 g/mol. The van der Waals surface area contributed by atoms with Crippen molar-refractivity contribution < 1.29 is 29.4 Å². The number of carbonyl (C=O) groups is 4. The Balaban J connectivity index is 3.77. The second-order valence-electron chi connectivity index (χ2n) is 11.4. The molecule has 11 heteroatoms. The minimum absolute atomic E-state index is 0.217. The summed E-state index contributed by atoms with van der Waals surface area (Å²) in [5.74, 6) is -1.54. The number of amides is 2. The molecule has 2 amide bonds. The standard InChI is InChI=1S/C32H61N3O6S2/c1-3-4-20-29(36)34-27(31(38)39)22-25-42-43-26-23-28(32(40)41)35-30(37)21-18-16-14-12-10-8-6-5-7-9-11-13-15-17-19-24-33-2/h27-28,33H,3-26H2,1-2H3,(H,34,36)(H,35,37)(H,38,39)(H,40,41). The van der Waals surface area contributed by atoms with Crippen LogP contribution in [-0.4, -0.2) is 71.1 Å². The van der Waals surface area contributed by atoms with Gasteiger partial charge in [0.15, 0.2) is 0 Å². The Labute approximate surface area is 269 Å². The van der Waals surface area contributed by atoms with Gasteiger partial charge in [-0.25, -0.2) is 9.59 Å². The van der Waals surface area contributed by atoms with E-state index in [-0.39, 0.29) is 11.8 Å². The molecule has 0 spiro atoms. The lowest BCUT2D eigenvalue weighted by Crippen LogP contribution is -2.41. The van der Waals surface area contributed by atoms with Crippen molar-refractivity contribution in [1.82, 2.24) is 16.0 Å². The van der Waals surface area contributed by atoms with Crippen LogP contribution in [0.3, 0.4) is 0 Å². The Morgan fingerprint density at radius 3 is 1.26 bits per heavy atom. The fraction of sp³-hybridized carbons (Fsp3) is 0.875. The third-order valence-electron chi connectivity index (χ3n) is 7.42. The third kappa shape index (κ3) is 27.8. The van der Waals surface area contributed by atoms with Crippen molar-refractivity contribution in [3.63, 3.8) is 0 Å². The molecule has 0 radical (unpaired) electrons. The molecular formula is C32H61N3O6S2. The van der Waals surface area contributed by atoms with E-state index in [1.165, 1.54) is 98.6 Å². The summed E-state index contributed by atoms with van der Waals surface area (Å²) in [5, 5.41) is 27.2. The zero-order valence-corrected chi connectivity index (χ0v) is 28.6. The average molecular weight is 648 g/mol. The average Bonchev–Trinajstić information content (AvgIpc) is 2.97. The molecule has 9 nitrogen and oxygen atoms in total. The molecule has 0 fully saturated rings. The molecule has 0 saturated carbocycles. The van der Waals surface area contributed by atoms with Crippen molar-refractivity contribution in [3.05, 3.63) is 0 Å². The maximum Gasteiger partial charge on any atom is 0.326 e. The van der Waals surface area contributed by atoms with Crippen LogP contribution in [0.1, 0.15) is 142 Å². The number of nitrogens with one attached hydrogen (secondary N) is 3. The second kappa shape index (κ2) is 30.6. The smallest absolute Gasteiger partial charge is 0.326 e. The van der Waals surface area contributed by atoms with Crippen LogP contribution in [0.25, 0.3) is 0 Å². The zero-order valence-electron chi connectivity index (χ0n) is 27.0. The van der Waals surface area contributed by atoms with Crippen LogP contribution < -0.4 is 16.0 Å². The molecule has 0 saturated heterocycles. The number of carbonyl (C=O) groups excluding carboxylic acids is 2. The Hall–Kier alpha value is -1.46. The van der Waals surface area contributed by atoms with Crippen molar-refractivity contribution in [3.8, 4) is 0 Å². The van der Waals surface area contributed by atoms with Gasteiger partial charge in [0.2, 0.25) is 11.8 Å². The van der Waals surface area contributed by atoms with Crippen LogP contribution in [0.15, 0.2) is 0 Å². The lowest BCUT2D eigenvalue weighted by Gasteiger charge is -2.15. The predicted molar refractivity (Wildman–Crippen MR) is 181 cm³/mol. The van der Waals surface area contributed by atoms with Gasteiger partial charge in [0.05, 0.1) is 0 Å². The highest BCUT2D eigenvalue weighted by molar-refractivity contribution is 8.76. The molecular weight excluding hydrogens is 587 g/mol. The van der Waals surface area contributed by atoms with E-state index in [9.17, 15) is 29.4 Å². The maximum atomic E-state index is 12.3. The molecule has 0 bridgehead atoms. The number of hydrogen-bond donors (Lipinski definition) is 5. The van der Waals surface area contributed by atoms with E-state index in [0.717, 1.165) is 38.6 Å². The maximum absolute atomic E-state index is 12.3. The summed E-state index contributed by atoms with van der Waals surface area (Å²) < 4.78 is 0. The second-order valence-corrected chi connectivity index (χ2v) is 14.1. The van der Waals surface area contributed by atoms with Crippen LogP contribution in [0.2, 0.25) is 0 Å². The minimum Gasteiger partial charge on any atom is -0.480 e. The third-order valence-corrected chi connectivity index (χ3v) is 9.89. The quantitative estimate of drug-likeness (QED) is 0.0387. The fourth-order valence-electron chi connectivity index (χ4n) is 4.72. The SMILES string of the molecule is CCCCC(=O)NC(CCSSCCC(NC(=O)CCCCCCCCCCCCCCCCCNC)C(=O)O)C(=O)O. The first-order chi connectivity index (χ1) is 20.8. The topological polar surface area (TPSA) is 145 Å². The first-order valence-corrected chi connectivity index (χ1v) is 19.2. The van der Waals surface area contributed by atoms with Crippen LogP contribution in [0.5, 0.6) is 0 Å². The highest BCUT2D eigenvalue weighted by Gasteiger charge is 2.21. The molecule has 0 rings (SSSR count). The number of rotatable bonds is 32. The highest BCUT2D eigenvalue weighted by Crippen LogP contribution is 2.24. The van der Waals surface area contributed by atoms with Gasteiger partial charge in [-0.05, 0) is 45.7 Å². The number of aliphatic carboxylic acids is 2. The summed E-state index contributed by atoms with van der Waals surface area (Å²) in [7, 11) is 4.91. The number of carboxylic acid groups (broad SMARTS) is 2. The lowest BCUT2D eigenvalue weighted by molar-refractivity contribution is -0.142. The molecule has 0 aliphatic heterocycles.